The first-order valence-corrected chi connectivity index (χ1v) is 9.77. The van der Waals surface area contributed by atoms with E-state index in [4.69, 9.17) is 4.52 Å². The van der Waals surface area contributed by atoms with E-state index < -0.39 is 0 Å². The molecule has 1 amide bonds. The summed E-state index contributed by atoms with van der Waals surface area (Å²) in [7, 11) is 0. The number of carbonyl (C=O) groups is 1. The first-order valence-electron chi connectivity index (χ1n) is 8.89. The lowest BCUT2D eigenvalue weighted by Gasteiger charge is -2.30. The Kier molecular flexibility index (Phi) is 4.65. The maximum atomic E-state index is 12.7. The Morgan fingerprint density at radius 2 is 2.07 bits per heavy atom. The predicted molar refractivity (Wildman–Crippen MR) is 102 cm³/mol. The summed E-state index contributed by atoms with van der Waals surface area (Å²) in [6.07, 6.45) is 3.17. The molecular weight excluding hydrogens is 364 g/mol. The number of pyridine rings is 1. The van der Waals surface area contributed by atoms with Crippen molar-refractivity contribution in [2.45, 2.75) is 32.6 Å². The number of aromatic nitrogens is 3. The number of hydrogen-bond acceptors (Lipinski definition) is 6. The fourth-order valence-corrected chi connectivity index (χ4v) is 4.16. The van der Waals surface area contributed by atoms with Gasteiger partial charge < -0.3 is 14.4 Å². The van der Waals surface area contributed by atoms with E-state index in [0.29, 0.717) is 30.4 Å². The zero-order valence-corrected chi connectivity index (χ0v) is 16.0. The summed E-state index contributed by atoms with van der Waals surface area (Å²) in [5, 5.41) is 6.06. The molecule has 1 N–H and O–H groups in total. The van der Waals surface area contributed by atoms with E-state index in [1.54, 1.807) is 23.6 Å². The average molecular weight is 384 g/mol. The van der Waals surface area contributed by atoms with E-state index in [1.165, 1.54) is 10.9 Å². The molecule has 0 aromatic carbocycles. The van der Waals surface area contributed by atoms with Crippen molar-refractivity contribution < 1.29 is 9.32 Å². The van der Waals surface area contributed by atoms with Gasteiger partial charge in [0.1, 0.15) is 0 Å². The fourth-order valence-electron chi connectivity index (χ4n) is 3.30. The number of thiophene rings is 1. The smallest absolute Gasteiger partial charge is 0.259 e. The van der Waals surface area contributed by atoms with Crippen LogP contribution in [-0.2, 0) is 0 Å². The van der Waals surface area contributed by atoms with Crippen molar-refractivity contribution in [3.05, 3.63) is 55.9 Å². The van der Waals surface area contributed by atoms with Crippen LogP contribution in [0.4, 0.5) is 0 Å². The predicted octanol–water partition coefficient (Wildman–Crippen LogP) is 3.12. The van der Waals surface area contributed by atoms with Gasteiger partial charge in [-0.2, -0.15) is 4.98 Å². The highest BCUT2D eigenvalue weighted by atomic mass is 32.1. The van der Waals surface area contributed by atoms with Crippen molar-refractivity contribution in [1.29, 1.82) is 0 Å². The molecule has 0 aliphatic carbocycles. The number of hydrogen-bond donors (Lipinski definition) is 1. The molecule has 27 heavy (non-hydrogen) atoms. The number of aromatic amines is 1. The van der Waals surface area contributed by atoms with E-state index in [9.17, 15) is 9.59 Å². The quantitative estimate of drug-likeness (QED) is 0.749. The minimum atomic E-state index is -0.174. The zero-order chi connectivity index (χ0) is 19.0. The molecule has 0 atom stereocenters. The van der Waals surface area contributed by atoms with Crippen molar-refractivity contribution in [2.75, 3.05) is 13.1 Å². The molecule has 1 fully saturated rings. The summed E-state index contributed by atoms with van der Waals surface area (Å²) in [5.74, 6) is 1.33. The van der Waals surface area contributed by atoms with E-state index in [-0.39, 0.29) is 17.4 Å². The number of carbonyl (C=O) groups excluding carboxylic acids is 1. The highest BCUT2D eigenvalue weighted by Gasteiger charge is 2.28. The largest absolute Gasteiger partial charge is 0.339 e. The highest BCUT2D eigenvalue weighted by Crippen LogP contribution is 2.29. The summed E-state index contributed by atoms with van der Waals surface area (Å²) in [4.78, 5) is 34.1. The Morgan fingerprint density at radius 1 is 1.30 bits per heavy atom. The van der Waals surface area contributed by atoms with Crippen LogP contribution in [0.15, 0.2) is 33.0 Å². The van der Waals surface area contributed by atoms with Crippen LogP contribution < -0.4 is 5.56 Å². The second kappa shape index (κ2) is 7.11. The summed E-state index contributed by atoms with van der Waals surface area (Å²) >= 11 is 1.62. The summed E-state index contributed by atoms with van der Waals surface area (Å²) in [6.45, 7) is 5.41. The van der Waals surface area contributed by atoms with Gasteiger partial charge in [-0.05, 0) is 38.3 Å². The van der Waals surface area contributed by atoms with Crippen LogP contribution in [0.25, 0.3) is 11.5 Å². The molecule has 7 nitrogen and oxygen atoms in total. The third-order valence-corrected chi connectivity index (χ3v) is 6.15. The minimum absolute atomic E-state index is 0.109. The Morgan fingerprint density at radius 3 is 2.70 bits per heavy atom. The molecule has 3 aromatic rings. The molecule has 1 aliphatic rings. The van der Waals surface area contributed by atoms with Crippen LogP contribution in [-0.4, -0.2) is 39.0 Å². The summed E-state index contributed by atoms with van der Waals surface area (Å²) in [6, 6.07) is 3.08. The van der Waals surface area contributed by atoms with Gasteiger partial charge in [0.05, 0.1) is 11.1 Å². The molecule has 3 aromatic heterocycles. The number of nitrogens with zero attached hydrogens (tertiary/aromatic N) is 3. The summed E-state index contributed by atoms with van der Waals surface area (Å²) in [5.41, 5.74) is 2.41. The van der Waals surface area contributed by atoms with Crippen LogP contribution in [0, 0.1) is 13.8 Å². The molecule has 0 spiro atoms. The molecular formula is C19H20N4O3S. The Hall–Kier alpha value is -2.74. The van der Waals surface area contributed by atoms with Crippen molar-refractivity contribution in [3.63, 3.8) is 0 Å². The number of amides is 1. The number of H-pyrrole nitrogens is 1. The second-order valence-corrected chi connectivity index (χ2v) is 7.88. The standard InChI is InChI=1S/C19H20N4O3S/c1-11-12(2)27-10-15(11)19(25)23-7-5-13(6-8-23)17-21-18(26-22-17)14-3-4-16(24)20-9-14/h3-4,9-10,13H,5-8H2,1-2H3,(H,20,24). The lowest BCUT2D eigenvalue weighted by atomic mass is 9.95. The topological polar surface area (TPSA) is 92.1 Å². The Balaban J connectivity index is 1.42. The van der Waals surface area contributed by atoms with Gasteiger partial charge in [0.25, 0.3) is 11.8 Å². The second-order valence-electron chi connectivity index (χ2n) is 6.80. The zero-order valence-electron chi connectivity index (χ0n) is 15.2. The number of likely N-dealkylation sites (tertiary alicyclic amines) is 1. The molecule has 0 bridgehead atoms. The van der Waals surface area contributed by atoms with E-state index >= 15 is 0 Å². The molecule has 0 unspecified atom stereocenters. The number of piperidine rings is 1. The highest BCUT2D eigenvalue weighted by molar-refractivity contribution is 7.10. The molecule has 4 rings (SSSR count). The van der Waals surface area contributed by atoms with Crippen LogP contribution in [0.5, 0.6) is 0 Å². The van der Waals surface area contributed by atoms with Gasteiger partial charge in [-0.15, -0.1) is 11.3 Å². The van der Waals surface area contributed by atoms with Gasteiger partial charge in [-0.25, -0.2) is 0 Å². The van der Waals surface area contributed by atoms with E-state index in [1.807, 2.05) is 24.1 Å². The molecule has 1 saturated heterocycles. The number of aryl methyl sites for hydroxylation is 1. The summed E-state index contributed by atoms with van der Waals surface area (Å²) < 4.78 is 5.34. The van der Waals surface area contributed by atoms with E-state index in [2.05, 4.69) is 15.1 Å². The number of rotatable bonds is 3. The van der Waals surface area contributed by atoms with Gasteiger partial charge in [0.2, 0.25) is 5.56 Å². The van der Waals surface area contributed by atoms with Gasteiger partial charge in [-0.3, -0.25) is 9.59 Å². The van der Waals surface area contributed by atoms with Crippen LogP contribution >= 0.6 is 11.3 Å². The molecule has 4 heterocycles. The normalized spacial score (nSPS) is 15.3. The van der Waals surface area contributed by atoms with Crippen molar-refractivity contribution in [3.8, 4) is 11.5 Å². The maximum absolute atomic E-state index is 12.7. The van der Waals surface area contributed by atoms with E-state index in [0.717, 1.165) is 24.0 Å². The van der Waals surface area contributed by atoms with Gasteiger partial charge >= 0.3 is 0 Å². The average Bonchev–Trinajstić information content (AvgIpc) is 3.30. The SMILES string of the molecule is Cc1scc(C(=O)N2CCC(c3noc(-c4ccc(=O)[nH]c4)n3)CC2)c1C. The third kappa shape index (κ3) is 3.44. The van der Waals surface area contributed by atoms with Crippen LogP contribution in [0.2, 0.25) is 0 Å². The Labute approximate surface area is 160 Å². The van der Waals surface area contributed by atoms with Gasteiger partial charge in [-0.1, -0.05) is 5.16 Å². The van der Waals surface area contributed by atoms with Crippen LogP contribution in [0.1, 0.15) is 45.4 Å². The first kappa shape index (κ1) is 17.7. The van der Waals surface area contributed by atoms with Gasteiger partial charge in [0, 0.05) is 41.5 Å². The molecule has 140 valence electrons. The lowest BCUT2D eigenvalue weighted by Crippen LogP contribution is -2.38. The van der Waals surface area contributed by atoms with Crippen molar-refractivity contribution >= 4 is 17.2 Å². The van der Waals surface area contributed by atoms with Crippen LogP contribution in [0.3, 0.4) is 0 Å². The maximum Gasteiger partial charge on any atom is 0.259 e. The van der Waals surface area contributed by atoms with Crippen molar-refractivity contribution in [1.82, 2.24) is 20.0 Å². The molecule has 0 saturated carbocycles. The molecule has 1 aliphatic heterocycles. The monoisotopic (exact) mass is 384 g/mol. The fraction of sp³-hybridized carbons (Fsp3) is 0.368. The Bertz CT molecular complexity index is 1010. The van der Waals surface area contributed by atoms with Gasteiger partial charge in [0.15, 0.2) is 5.82 Å². The third-order valence-electron chi connectivity index (χ3n) is 5.14. The first-order chi connectivity index (χ1) is 13.0. The number of nitrogens with one attached hydrogen (secondary N) is 1. The molecule has 8 heteroatoms. The minimum Gasteiger partial charge on any atom is -0.339 e. The van der Waals surface area contributed by atoms with Crippen molar-refractivity contribution in [2.24, 2.45) is 0 Å². The lowest BCUT2D eigenvalue weighted by molar-refractivity contribution is 0.0710. The molecule has 0 radical (unpaired) electrons.